The third-order valence-electron chi connectivity index (χ3n) is 3.07. The average Bonchev–Trinajstić information content (AvgIpc) is 2.48. The van der Waals surface area contributed by atoms with Gasteiger partial charge >= 0.3 is 0 Å². The van der Waals surface area contributed by atoms with E-state index in [1.807, 2.05) is 27.7 Å². The van der Waals surface area contributed by atoms with E-state index in [9.17, 15) is 9.59 Å². The third kappa shape index (κ3) is 5.38. The van der Waals surface area contributed by atoms with Crippen molar-refractivity contribution in [2.75, 3.05) is 5.32 Å². The molecule has 0 unspecified atom stereocenters. The number of benzene rings is 1. The zero-order valence-electron chi connectivity index (χ0n) is 13.1. The van der Waals surface area contributed by atoms with Crippen molar-refractivity contribution in [1.29, 1.82) is 0 Å². The van der Waals surface area contributed by atoms with Gasteiger partial charge in [-0.25, -0.2) is 5.43 Å². The van der Waals surface area contributed by atoms with E-state index < -0.39 is 0 Å². The summed E-state index contributed by atoms with van der Waals surface area (Å²) in [6.45, 7) is 7.66. The van der Waals surface area contributed by atoms with Crippen molar-refractivity contribution >= 4 is 23.2 Å². The lowest BCUT2D eigenvalue weighted by Crippen LogP contribution is -2.20. The fourth-order valence-corrected chi connectivity index (χ4v) is 1.59. The molecular formula is C16H23N3O2. The Bertz CT molecular complexity index is 513. The quantitative estimate of drug-likeness (QED) is 0.623. The standard InChI is InChI=1S/C16H23N3O2/c1-5-13(6-2)18-19-16(21)12-7-9-14(10-8-12)17-15(20)11(3)4/h7-11H,5-6H2,1-4H3,(H,17,20)(H,19,21). The second kappa shape index (κ2) is 8.19. The van der Waals surface area contributed by atoms with E-state index >= 15 is 0 Å². The zero-order chi connectivity index (χ0) is 15.8. The summed E-state index contributed by atoms with van der Waals surface area (Å²) in [5.74, 6) is -0.382. The molecule has 0 saturated heterocycles. The fourth-order valence-electron chi connectivity index (χ4n) is 1.59. The maximum atomic E-state index is 11.9. The number of carbonyl (C=O) groups is 2. The predicted molar refractivity (Wildman–Crippen MR) is 85.4 cm³/mol. The van der Waals surface area contributed by atoms with E-state index in [1.54, 1.807) is 24.3 Å². The molecule has 21 heavy (non-hydrogen) atoms. The molecule has 5 heteroatoms. The highest BCUT2D eigenvalue weighted by molar-refractivity contribution is 5.96. The van der Waals surface area contributed by atoms with Crippen LogP contribution in [0.1, 0.15) is 50.9 Å². The molecule has 0 fully saturated rings. The van der Waals surface area contributed by atoms with Gasteiger partial charge in [-0.1, -0.05) is 27.7 Å². The van der Waals surface area contributed by atoms with Crippen LogP contribution >= 0.6 is 0 Å². The maximum Gasteiger partial charge on any atom is 0.271 e. The Labute approximate surface area is 125 Å². The molecule has 1 rings (SSSR count). The molecule has 0 heterocycles. The molecule has 2 amide bonds. The van der Waals surface area contributed by atoms with Gasteiger partial charge in [0.1, 0.15) is 0 Å². The summed E-state index contributed by atoms with van der Waals surface area (Å²) in [5, 5.41) is 6.86. The van der Waals surface area contributed by atoms with Gasteiger partial charge in [0.25, 0.3) is 5.91 Å². The number of amides is 2. The molecule has 0 radical (unpaired) electrons. The molecule has 5 nitrogen and oxygen atoms in total. The zero-order valence-corrected chi connectivity index (χ0v) is 13.1. The van der Waals surface area contributed by atoms with Crippen LogP contribution < -0.4 is 10.7 Å². The molecule has 0 aliphatic rings. The van der Waals surface area contributed by atoms with Crippen molar-refractivity contribution in [3.63, 3.8) is 0 Å². The number of nitrogens with one attached hydrogen (secondary N) is 2. The van der Waals surface area contributed by atoms with Gasteiger partial charge in [0.2, 0.25) is 5.91 Å². The molecule has 0 aromatic heterocycles. The van der Waals surface area contributed by atoms with Gasteiger partial charge in [-0.2, -0.15) is 5.10 Å². The van der Waals surface area contributed by atoms with Crippen LogP contribution in [0.5, 0.6) is 0 Å². The van der Waals surface area contributed by atoms with Crippen LogP contribution in [0.3, 0.4) is 0 Å². The van der Waals surface area contributed by atoms with Gasteiger partial charge in [0.15, 0.2) is 0 Å². The summed E-state index contributed by atoms with van der Waals surface area (Å²) in [7, 11) is 0. The predicted octanol–water partition coefficient (Wildman–Crippen LogP) is 3.19. The van der Waals surface area contributed by atoms with Crippen LogP contribution in [0.4, 0.5) is 5.69 Å². The van der Waals surface area contributed by atoms with Crippen LogP contribution in [0, 0.1) is 5.92 Å². The van der Waals surface area contributed by atoms with Crippen LogP contribution in [0.25, 0.3) is 0 Å². The Balaban J connectivity index is 2.67. The van der Waals surface area contributed by atoms with Gasteiger partial charge < -0.3 is 5.32 Å². The van der Waals surface area contributed by atoms with E-state index in [0.717, 1.165) is 18.6 Å². The Morgan fingerprint density at radius 3 is 2.14 bits per heavy atom. The number of hydrogen-bond acceptors (Lipinski definition) is 3. The Hall–Kier alpha value is -2.17. The lowest BCUT2D eigenvalue weighted by atomic mass is 10.1. The fraction of sp³-hybridized carbons (Fsp3) is 0.438. The smallest absolute Gasteiger partial charge is 0.271 e. The van der Waals surface area contributed by atoms with E-state index in [4.69, 9.17) is 0 Å². The lowest BCUT2D eigenvalue weighted by Gasteiger charge is -2.08. The summed E-state index contributed by atoms with van der Waals surface area (Å²) in [6, 6.07) is 6.75. The summed E-state index contributed by atoms with van der Waals surface area (Å²) in [4.78, 5) is 23.5. The number of hydrazone groups is 1. The van der Waals surface area contributed by atoms with E-state index in [-0.39, 0.29) is 17.7 Å². The van der Waals surface area contributed by atoms with Gasteiger partial charge in [0, 0.05) is 22.9 Å². The normalized spacial score (nSPS) is 10.1. The average molecular weight is 289 g/mol. The molecule has 0 spiro atoms. The highest BCUT2D eigenvalue weighted by Crippen LogP contribution is 2.11. The molecule has 1 aromatic rings. The first-order valence-electron chi connectivity index (χ1n) is 7.24. The third-order valence-corrected chi connectivity index (χ3v) is 3.07. The van der Waals surface area contributed by atoms with Crippen LogP contribution in [0.15, 0.2) is 29.4 Å². The minimum absolute atomic E-state index is 0.0488. The van der Waals surface area contributed by atoms with Crippen LogP contribution in [-0.4, -0.2) is 17.5 Å². The maximum absolute atomic E-state index is 11.9. The SMILES string of the molecule is CCC(CC)=NNC(=O)c1ccc(NC(=O)C(C)C)cc1. The van der Waals surface area contributed by atoms with Crippen molar-refractivity contribution in [3.05, 3.63) is 29.8 Å². The monoisotopic (exact) mass is 289 g/mol. The lowest BCUT2D eigenvalue weighted by molar-refractivity contribution is -0.118. The van der Waals surface area contributed by atoms with E-state index in [2.05, 4.69) is 15.8 Å². The molecule has 0 bridgehead atoms. The second-order valence-electron chi connectivity index (χ2n) is 5.05. The van der Waals surface area contributed by atoms with Crippen molar-refractivity contribution in [1.82, 2.24) is 5.43 Å². The van der Waals surface area contributed by atoms with Crippen molar-refractivity contribution in [2.24, 2.45) is 11.0 Å². The van der Waals surface area contributed by atoms with Crippen LogP contribution in [-0.2, 0) is 4.79 Å². The van der Waals surface area contributed by atoms with Gasteiger partial charge in [-0.05, 0) is 37.1 Å². The summed E-state index contributed by atoms with van der Waals surface area (Å²) in [5.41, 5.74) is 4.67. The molecule has 0 atom stereocenters. The summed E-state index contributed by atoms with van der Waals surface area (Å²) >= 11 is 0. The van der Waals surface area contributed by atoms with Gasteiger partial charge in [-0.15, -0.1) is 0 Å². The van der Waals surface area contributed by atoms with Crippen molar-refractivity contribution < 1.29 is 9.59 Å². The molecule has 0 aliphatic carbocycles. The molecule has 1 aromatic carbocycles. The Morgan fingerprint density at radius 1 is 1.10 bits per heavy atom. The number of hydrogen-bond donors (Lipinski definition) is 2. The molecular weight excluding hydrogens is 266 g/mol. The largest absolute Gasteiger partial charge is 0.326 e. The van der Waals surface area contributed by atoms with E-state index in [0.29, 0.717) is 11.3 Å². The topological polar surface area (TPSA) is 70.6 Å². The highest BCUT2D eigenvalue weighted by Gasteiger charge is 2.08. The first-order chi connectivity index (χ1) is 9.97. The first-order valence-corrected chi connectivity index (χ1v) is 7.24. The number of anilines is 1. The molecule has 2 N–H and O–H groups in total. The van der Waals surface area contributed by atoms with Gasteiger partial charge in [-0.3, -0.25) is 9.59 Å². The summed E-state index contributed by atoms with van der Waals surface area (Å²) < 4.78 is 0. The second-order valence-corrected chi connectivity index (χ2v) is 5.05. The number of nitrogens with zero attached hydrogens (tertiary/aromatic N) is 1. The van der Waals surface area contributed by atoms with Crippen molar-refractivity contribution in [3.8, 4) is 0 Å². The Kier molecular flexibility index (Phi) is 6.59. The minimum atomic E-state index is -0.254. The molecule has 0 saturated carbocycles. The minimum Gasteiger partial charge on any atom is -0.326 e. The number of rotatable bonds is 6. The van der Waals surface area contributed by atoms with E-state index in [1.165, 1.54) is 0 Å². The molecule has 114 valence electrons. The Morgan fingerprint density at radius 2 is 1.67 bits per heavy atom. The van der Waals surface area contributed by atoms with Gasteiger partial charge in [0.05, 0.1) is 0 Å². The van der Waals surface area contributed by atoms with Crippen molar-refractivity contribution in [2.45, 2.75) is 40.5 Å². The molecule has 0 aliphatic heterocycles. The first kappa shape index (κ1) is 16.9. The summed E-state index contributed by atoms with van der Waals surface area (Å²) in [6.07, 6.45) is 1.63. The number of carbonyl (C=O) groups excluding carboxylic acids is 2. The highest BCUT2D eigenvalue weighted by atomic mass is 16.2. The van der Waals surface area contributed by atoms with Crippen LogP contribution in [0.2, 0.25) is 0 Å².